The Bertz CT molecular complexity index is 198. The summed E-state index contributed by atoms with van der Waals surface area (Å²) < 4.78 is 0. The zero-order valence-corrected chi connectivity index (χ0v) is 11.8. The van der Waals surface area contributed by atoms with Gasteiger partial charge < -0.3 is 10.4 Å². The smallest absolute Gasteiger partial charge is 0.0616 e. The molecule has 0 aliphatic heterocycles. The van der Waals surface area contributed by atoms with Gasteiger partial charge in [-0.2, -0.15) is 11.8 Å². The third kappa shape index (κ3) is 3.64. The second-order valence-electron chi connectivity index (χ2n) is 5.19. The van der Waals surface area contributed by atoms with Crippen LogP contribution < -0.4 is 5.32 Å². The summed E-state index contributed by atoms with van der Waals surface area (Å²) in [6.07, 6.45) is 4.94. The topological polar surface area (TPSA) is 32.3 Å². The van der Waals surface area contributed by atoms with Crippen LogP contribution in [-0.4, -0.2) is 34.8 Å². The van der Waals surface area contributed by atoms with E-state index < -0.39 is 0 Å². The molecule has 2 unspecified atom stereocenters. The Morgan fingerprint density at radius 1 is 1.50 bits per heavy atom. The minimum absolute atomic E-state index is 0.0163. The second kappa shape index (κ2) is 6.87. The summed E-state index contributed by atoms with van der Waals surface area (Å²) in [5.41, 5.74) is 0.0163. The molecular weight excluding hydrogens is 218 g/mol. The number of hydrogen-bond acceptors (Lipinski definition) is 3. The zero-order valence-electron chi connectivity index (χ0n) is 11.0. The van der Waals surface area contributed by atoms with Gasteiger partial charge in [-0.25, -0.2) is 0 Å². The van der Waals surface area contributed by atoms with E-state index in [0.717, 1.165) is 6.42 Å². The Morgan fingerprint density at radius 3 is 2.81 bits per heavy atom. The molecule has 0 aromatic rings. The van der Waals surface area contributed by atoms with Crippen LogP contribution in [0, 0.1) is 5.92 Å². The third-order valence-electron chi connectivity index (χ3n) is 3.63. The highest BCUT2D eigenvalue weighted by atomic mass is 32.2. The molecule has 0 aromatic carbocycles. The average molecular weight is 245 g/mol. The Kier molecular flexibility index (Phi) is 6.16. The summed E-state index contributed by atoms with van der Waals surface area (Å²) in [6, 6.07) is 0.464. The normalized spacial score (nSPS) is 30.2. The van der Waals surface area contributed by atoms with Gasteiger partial charge in [0.2, 0.25) is 0 Å². The number of aliphatic hydroxyl groups excluding tert-OH is 1. The molecule has 3 heteroatoms. The van der Waals surface area contributed by atoms with Gasteiger partial charge in [0.15, 0.2) is 0 Å². The molecule has 0 saturated heterocycles. The van der Waals surface area contributed by atoms with Gasteiger partial charge in [0.1, 0.15) is 0 Å². The average Bonchev–Trinajstić information content (AvgIpc) is 2.62. The van der Waals surface area contributed by atoms with Crippen LogP contribution in [0.3, 0.4) is 0 Å². The quantitative estimate of drug-likeness (QED) is 0.676. The first-order valence-corrected chi connectivity index (χ1v) is 7.76. The molecule has 1 aliphatic carbocycles. The van der Waals surface area contributed by atoms with E-state index in [9.17, 15) is 5.11 Å². The van der Waals surface area contributed by atoms with E-state index in [1.807, 2.05) is 11.8 Å². The molecule has 16 heavy (non-hydrogen) atoms. The molecule has 1 saturated carbocycles. The fourth-order valence-electron chi connectivity index (χ4n) is 2.95. The van der Waals surface area contributed by atoms with Gasteiger partial charge in [-0.3, -0.25) is 0 Å². The molecule has 0 radical (unpaired) electrons. The maximum Gasteiger partial charge on any atom is 0.0616 e. The van der Waals surface area contributed by atoms with Crippen LogP contribution in [0.1, 0.15) is 46.5 Å². The Balaban J connectivity index is 2.52. The van der Waals surface area contributed by atoms with Crippen molar-refractivity contribution in [3.8, 4) is 0 Å². The van der Waals surface area contributed by atoms with Crippen LogP contribution in [0.4, 0.5) is 0 Å². The van der Waals surface area contributed by atoms with Gasteiger partial charge >= 0.3 is 0 Å². The van der Waals surface area contributed by atoms with E-state index in [1.54, 1.807) is 0 Å². The van der Waals surface area contributed by atoms with Gasteiger partial charge in [-0.15, -0.1) is 0 Å². The van der Waals surface area contributed by atoms with Crippen LogP contribution in [0.5, 0.6) is 0 Å². The Morgan fingerprint density at radius 2 is 2.25 bits per heavy atom. The molecule has 1 fully saturated rings. The molecule has 2 N–H and O–H groups in total. The van der Waals surface area contributed by atoms with Gasteiger partial charge in [-0.05, 0) is 36.7 Å². The molecule has 0 aromatic heterocycles. The number of thioether (sulfide) groups is 1. The van der Waals surface area contributed by atoms with E-state index in [0.29, 0.717) is 18.6 Å². The Labute approximate surface area is 105 Å². The Hall–Kier alpha value is 0.270. The summed E-state index contributed by atoms with van der Waals surface area (Å²) >= 11 is 2.02. The fraction of sp³-hybridized carbons (Fsp3) is 1.00. The maximum atomic E-state index is 9.72. The van der Waals surface area contributed by atoms with Crippen LogP contribution >= 0.6 is 11.8 Å². The second-order valence-corrected chi connectivity index (χ2v) is 6.58. The van der Waals surface area contributed by atoms with E-state index in [4.69, 9.17) is 0 Å². The van der Waals surface area contributed by atoms with Gasteiger partial charge in [0.05, 0.1) is 6.61 Å². The zero-order chi connectivity index (χ0) is 12.0. The SMILES string of the molecule is CCSCCC1CCCC1(CO)NC(C)C. The number of hydrogen-bond donors (Lipinski definition) is 2. The molecular formula is C13H27NOS. The molecule has 0 spiro atoms. The standard InChI is InChI=1S/C13H27NOS/c1-4-16-9-7-12-6-5-8-13(12,10-15)14-11(2)3/h11-12,14-15H,4-10H2,1-3H3. The summed E-state index contributed by atoms with van der Waals surface area (Å²) in [5.74, 6) is 3.11. The van der Waals surface area contributed by atoms with Crippen molar-refractivity contribution >= 4 is 11.8 Å². The van der Waals surface area contributed by atoms with E-state index >= 15 is 0 Å². The van der Waals surface area contributed by atoms with Crippen molar-refractivity contribution in [1.82, 2.24) is 5.32 Å². The van der Waals surface area contributed by atoms with Crippen molar-refractivity contribution in [3.63, 3.8) is 0 Å². The minimum atomic E-state index is 0.0163. The van der Waals surface area contributed by atoms with E-state index in [-0.39, 0.29) is 5.54 Å². The van der Waals surface area contributed by atoms with Crippen molar-refractivity contribution in [1.29, 1.82) is 0 Å². The highest BCUT2D eigenvalue weighted by Gasteiger charge is 2.41. The lowest BCUT2D eigenvalue weighted by Crippen LogP contribution is -2.54. The monoisotopic (exact) mass is 245 g/mol. The van der Waals surface area contributed by atoms with Crippen LogP contribution in [-0.2, 0) is 0 Å². The molecule has 1 rings (SSSR count). The predicted molar refractivity (Wildman–Crippen MR) is 73.0 cm³/mol. The number of aliphatic hydroxyl groups is 1. The van der Waals surface area contributed by atoms with Gasteiger partial charge in [0, 0.05) is 11.6 Å². The number of nitrogens with one attached hydrogen (secondary N) is 1. The van der Waals surface area contributed by atoms with Crippen molar-refractivity contribution in [2.75, 3.05) is 18.1 Å². The van der Waals surface area contributed by atoms with Crippen molar-refractivity contribution in [2.45, 2.75) is 58.0 Å². The van der Waals surface area contributed by atoms with Crippen LogP contribution in [0.15, 0.2) is 0 Å². The first kappa shape index (κ1) is 14.3. The fourth-order valence-corrected chi connectivity index (χ4v) is 3.69. The van der Waals surface area contributed by atoms with Crippen molar-refractivity contribution < 1.29 is 5.11 Å². The highest BCUT2D eigenvalue weighted by molar-refractivity contribution is 7.99. The third-order valence-corrected chi connectivity index (χ3v) is 4.56. The predicted octanol–water partition coefficient (Wildman–Crippen LogP) is 2.66. The summed E-state index contributed by atoms with van der Waals surface area (Å²) in [6.45, 7) is 6.86. The molecule has 0 bridgehead atoms. The van der Waals surface area contributed by atoms with E-state index in [1.165, 1.54) is 30.8 Å². The summed E-state index contributed by atoms with van der Waals surface area (Å²) in [5, 5.41) is 13.3. The first-order chi connectivity index (χ1) is 7.64. The summed E-state index contributed by atoms with van der Waals surface area (Å²) in [4.78, 5) is 0. The lowest BCUT2D eigenvalue weighted by molar-refractivity contribution is 0.113. The molecule has 2 atom stereocenters. The molecule has 0 heterocycles. The lowest BCUT2D eigenvalue weighted by atomic mass is 9.85. The molecule has 0 amide bonds. The first-order valence-electron chi connectivity index (χ1n) is 6.61. The lowest BCUT2D eigenvalue weighted by Gasteiger charge is -2.37. The number of rotatable bonds is 7. The highest BCUT2D eigenvalue weighted by Crippen LogP contribution is 2.38. The minimum Gasteiger partial charge on any atom is -0.394 e. The van der Waals surface area contributed by atoms with Gasteiger partial charge in [0.25, 0.3) is 0 Å². The molecule has 96 valence electrons. The summed E-state index contributed by atoms with van der Waals surface area (Å²) in [7, 11) is 0. The molecule has 1 aliphatic rings. The largest absolute Gasteiger partial charge is 0.394 e. The van der Waals surface area contributed by atoms with Crippen molar-refractivity contribution in [3.05, 3.63) is 0 Å². The maximum absolute atomic E-state index is 9.72. The van der Waals surface area contributed by atoms with Gasteiger partial charge in [-0.1, -0.05) is 27.2 Å². The molecule has 2 nitrogen and oxygen atoms in total. The van der Waals surface area contributed by atoms with E-state index in [2.05, 4.69) is 26.1 Å². The van der Waals surface area contributed by atoms with Crippen LogP contribution in [0.25, 0.3) is 0 Å². The van der Waals surface area contributed by atoms with Crippen LogP contribution in [0.2, 0.25) is 0 Å². The van der Waals surface area contributed by atoms with Crippen molar-refractivity contribution in [2.24, 2.45) is 5.92 Å².